The molecule has 0 saturated heterocycles. The number of benzene rings is 3. The molecule has 232 valence electrons. The zero-order valence-corrected chi connectivity index (χ0v) is 27.8. The first-order valence-electron chi connectivity index (χ1n) is 14.1. The van der Waals surface area contributed by atoms with Crippen molar-refractivity contribution in [3.63, 3.8) is 0 Å². The van der Waals surface area contributed by atoms with Crippen molar-refractivity contribution in [2.24, 2.45) is 0 Å². The normalized spacial score (nSPS) is 13.0. The molecule has 0 saturated carbocycles. The van der Waals surface area contributed by atoms with Gasteiger partial charge in [-0.25, -0.2) is 4.31 Å². The summed E-state index contributed by atoms with van der Waals surface area (Å²) in [5.41, 5.74) is 3.42. The highest BCUT2D eigenvalue weighted by Gasteiger charge is 2.35. The number of halogens is 2. The average molecular weight is 648 g/mol. The maximum atomic E-state index is 14.4. The molecule has 0 aromatic heterocycles. The van der Waals surface area contributed by atoms with E-state index in [1.807, 2.05) is 63.2 Å². The van der Waals surface area contributed by atoms with Gasteiger partial charge in [0.2, 0.25) is 11.8 Å². The Morgan fingerprint density at radius 3 is 2.19 bits per heavy atom. The largest absolute Gasteiger partial charge is 0.352 e. The summed E-state index contributed by atoms with van der Waals surface area (Å²) < 4.78 is 29.5. The topological polar surface area (TPSA) is 90.0 Å². The van der Waals surface area contributed by atoms with Gasteiger partial charge < -0.3 is 10.2 Å². The van der Waals surface area contributed by atoms with Crippen LogP contribution in [-0.2, 0) is 32.8 Å². The van der Waals surface area contributed by atoms with Crippen LogP contribution in [0.4, 0.5) is 5.69 Å². The Balaban J connectivity index is 2.15. The van der Waals surface area contributed by atoms with Gasteiger partial charge in [0.1, 0.15) is 12.6 Å². The average Bonchev–Trinajstić information content (AvgIpc) is 2.96. The molecule has 0 aliphatic heterocycles. The molecule has 1 N–H and O–H groups in total. The van der Waals surface area contributed by atoms with Crippen molar-refractivity contribution in [1.82, 2.24) is 14.5 Å². The monoisotopic (exact) mass is 646 g/mol. The zero-order chi connectivity index (χ0) is 31.9. The molecule has 3 aromatic rings. The van der Waals surface area contributed by atoms with E-state index in [1.165, 1.54) is 19.0 Å². The van der Waals surface area contributed by atoms with Crippen LogP contribution in [0.15, 0.2) is 66.7 Å². The number of rotatable bonds is 13. The van der Waals surface area contributed by atoms with Crippen LogP contribution >= 0.6 is 23.2 Å². The van der Waals surface area contributed by atoms with Gasteiger partial charge in [-0.1, -0.05) is 78.7 Å². The number of nitrogens with one attached hydrogen (secondary N) is 1. The molecule has 0 unspecified atom stereocenters. The van der Waals surface area contributed by atoms with Crippen LogP contribution < -0.4 is 9.62 Å². The maximum absolute atomic E-state index is 14.4. The van der Waals surface area contributed by atoms with Crippen LogP contribution in [0.3, 0.4) is 0 Å². The van der Waals surface area contributed by atoms with E-state index in [4.69, 9.17) is 23.2 Å². The summed E-state index contributed by atoms with van der Waals surface area (Å²) in [6, 6.07) is 18.8. The second kappa shape index (κ2) is 15.1. The van der Waals surface area contributed by atoms with E-state index in [0.717, 1.165) is 19.7 Å². The third kappa shape index (κ3) is 8.95. The Kier molecular flexibility index (Phi) is 12.0. The Morgan fingerprint density at radius 1 is 0.907 bits per heavy atom. The van der Waals surface area contributed by atoms with E-state index < -0.39 is 28.7 Å². The predicted molar refractivity (Wildman–Crippen MR) is 175 cm³/mol. The molecule has 0 aliphatic rings. The molecule has 0 radical (unpaired) electrons. The summed E-state index contributed by atoms with van der Waals surface area (Å²) in [7, 11) is -1.25. The Labute approximate surface area is 265 Å². The van der Waals surface area contributed by atoms with Gasteiger partial charge in [-0.2, -0.15) is 12.7 Å². The summed E-state index contributed by atoms with van der Waals surface area (Å²) in [6.45, 7) is 7.00. The molecular weight excluding hydrogens is 607 g/mol. The lowest BCUT2D eigenvalue weighted by Crippen LogP contribution is -2.55. The van der Waals surface area contributed by atoms with Gasteiger partial charge in [0.15, 0.2) is 0 Å². The van der Waals surface area contributed by atoms with Gasteiger partial charge in [0.05, 0.1) is 15.7 Å². The quantitative estimate of drug-likeness (QED) is 0.255. The summed E-state index contributed by atoms with van der Waals surface area (Å²) >= 11 is 12.5. The molecule has 3 rings (SSSR count). The minimum absolute atomic E-state index is 0.00377. The number of carbonyl (C=O) groups excluding carboxylic acids is 2. The van der Waals surface area contributed by atoms with Gasteiger partial charge in [-0.3, -0.25) is 9.59 Å². The zero-order valence-electron chi connectivity index (χ0n) is 25.5. The molecule has 2 amide bonds. The molecule has 0 bridgehead atoms. The van der Waals surface area contributed by atoms with Crippen molar-refractivity contribution < 1.29 is 18.0 Å². The molecular formula is C32H40Cl2N4O4S. The Hall–Kier alpha value is -3.11. The van der Waals surface area contributed by atoms with E-state index in [1.54, 1.807) is 31.2 Å². The lowest BCUT2D eigenvalue weighted by molar-refractivity contribution is -0.140. The molecule has 11 heteroatoms. The minimum Gasteiger partial charge on any atom is -0.352 e. The summed E-state index contributed by atoms with van der Waals surface area (Å²) in [5.74, 6) is -0.877. The second-order valence-corrected chi connectivity index (χ2v) is 13.8. The molecule has 0 spiro atoms. The molecule has 3 aromatic carbocycles. The second-order valence-electron chi connectivity index (χ2n) is 10.9. The van der Waals surface area contributed by atoms with Crippen LogP contribution in [-0.4, -0.2) is 62.2 Å². The summed E-state index contributed by atoms with van der Waals surface area (Å²) in [5, 5.41) is 3.69. The Bertz CT molecular complexity index is 1530. The molecule has 8 nitrogen and oxygen atoms in total. The van der Waals surface area contributed by atoms with Crippen LogP contribution in [0.2, 0.25) is 10.0 Å². The van der Waals surface area contributed by atoms with Crippen molar-refractivity contribution in [1.29, 1.82) is 0 Å². The highest BCUT2D eigenvalue weighted by molar-refractivity contribution is 7.90. The number of aryl methyl sites for hydroxylation is 2. The number of anilines is 1. The molecule has 0 fully saturated rings. The van der Waals surface area contributed by atoms with Crippen molar-refractivity contribution in [3.05, 3.63) is 99.0 Å². The van der Waals surface area contributed by atoms with Crippen molar-refractivity contribution in [2.45, 2.75) is 59.2 Å². The lowest BCUT2D eigenvalue weighted by atomic mass is 10.0. The fraction of sp³-hybridized carbons (Fsp3) is 0.375. The summed E-state index contributed by atoms with van der Waals surface area (Å²) in [4.78, 5) is 29.7. The van der Waals surface area contributed by atoms with E-state index in [9.17, 15) is 18.0 Å². The third-order valence-electron chi connectivity index (χ3n) is 7.26. The fourth-order valence-electron chi connectivity index (χ4n) is 4.52. The maximum Gasteiger partial charge on any atom is 0.304 e. The first-order valence-corrected chi connectivity index (χ1v) is 16.2. The van der Waals surface area contributed by atoms with Gasteiger partial charge in [-0.15, -0.1) is 0 Å². The number of amides is 2. The van der Waals surface area contributed by atoms with Crippen LogP contribution in [0, 0.1) is 13.8 Å². The van der Waals surface area contributed by atoms with Crippen molar-refractivity contribution >= 4 is 50.9 Å². The van der Waals surface area contributed by atoms with Gasteiger partial charge in [0, 0.05) is 33.1 Å². The van der Waals surface area contributed by atoms with Gasteiger partial charge in [-0.05, 0) is 67.6 Å². The summed E-state index contributed by atoms with van der Waals surface area (Å²) in [6.07, 6.45) is 0.923. The Morgan fingerprint density at radius 2 is 1.58 bits per heavy atom. The number of carbonyl (C=O) groups is 2. The standard InChI is InChI=1S/C32H40Cl2N4O4S/c1-7-24(4)35-32(40)30(19-25-11-9-8-10-12-25)37(20-26-15-16-27(33)28(34)18-26)31(39)21-38(43(41,42)36(5)6)29-17-22(2)13-14-23(29)3/h8-18,24,30H,7,19-21H2,1-6H3,(H,35,40)/t24-,30+/m1/s1. The number of nitrogens with zero attached hydrogens (tertiary/aromatic N) is 3. The minimum atomic E-state index is -4.09. The van der Waals surface area contributed by atoms with Crippen LogP contribution in [0.5, 0.6) is 0 Å². The third-order valence-corrected chi connectivity index (χ3v) is 9.81. The van der Waals surface area contributed by atoms with E-state index in [2.05, 4.69) is 5.32 Å². The molecule has 0 aliphatic carbocycles. The SMILES string of the molecule is CC[C@@H](C)NC(=O)[C@H](Cc1ccccc1)N(Cc1ccc(Cl)c(Cl)c1)C(=O)CN(c1cc(C)ccc1C)S(=O)(=O)N(C)C. The van der Waals surface area contributed by atoms with Gasteiger partial charge >= 0.3 is 10.2 Å². The predicted octanol–water partition coefficient (Wildman–Crippen LogP) is 5.78. The van der Waals surface area contributed by atoms with Crippen molar-refractivity contribution in [2.75, 3.05) is 24.9 Å². The van der Waals surface area contributed by atoms with Gasteiger partial charge in [0.25, 0.3) is 0 Å². The number of hydrogen-bond acceptors (Lipinski definition) is 4. The molecule has 43 heavy (non-hydrogen) atoms. The van der Waals surface area contributed by atoms with E-state index in [-0.39, 0.29) is 24.9 Å². The van der Waals surface area contributed by atoms with Crippen LogP contribution in [0.25, 0.3) is 0 Å². The van der Waals surface area contributed by atoms with E-state index >= 15 is 0 Å². The molecule has 0 heterocycles. The smallest absolute Gasteiger partial charge is 0.304 e. The molecule has 2 atom stereocenters. The van der Waals surface area contributed by atoms with Crippen molar-refractivity contribution in [3.8, 4) is 0 Å². The lowest BCUT2D eigenvalue weighted by Gasteiger charge is -2.35. The first kappa shape index (κ1) is 34.4. The number of hydrogen-bond donors (Lipinski definition) is 1. The fourth-order valence-corrected chi connectivity index (χ4v) is 5.95. The van der Waals surface area contributed by atoms with Crippen LogP contribution in [0.1, 0.15) is 42.5 Å². The highest BCUT2D eigenvalue weighted by atomic mass is 35.5. The van der Waals surface area contributed by atoms with E-state index in [0.29, 0.717) is 33.3 Å². The highest BCUT2D eigenvalue weighted by Crippen LogP contribution is 2.27. The first-order chi connectivity index (χ1) is 20.2.